The van der Waals surface area contributed by atoms with Crippen molar-refractivity contribution in [1.82, 2.24) is 29.4 Å². The third kappa shape index (κ3) is 4.59. The molecular formula is C24H26N6O3. The first-order valence-electron chi connectivity index (χ1n) is 10.9. The fourth-order valence-electron chi connectivity index (χ4n) is 4.00. The maximum atomic E-state index is 13.5. The zero-order valence-electron chi connectivity index (χ0n) is 18.5. The molecule has 1 aliphatic rings. The summed E-state index contributed by atoms with van der Waals surface area (Å²) in [5.41, 5.74) is 3.54. The predicted molar refractivity (Wildman–Crippen MR) is 124 cm³/mol. The Hall–Kier alpha value is -3.69. The van der Waals surface area contributed by atoms with Crippen LogP contribution in [0.1, 0.15) is 11.4 Å². The van der Waals surface area contributed by atoms with E-state index in [1.165, 1.54) is 4.68 Å². The molecule has 1 N–H and O–H groups in total. The molecule has 0 bridgehead atoms. The zero-order valence-corrected chi connectivity index (χ0v) is 18.5. The molecule has 0 aliphatic carbocycles. The number of benzene rings is 2. The van der Waals surface area contributed by atoms with Gasteiger partial charge in [0.15, 0.2) is 0 Å². The van der Waals surface area contributed by atoms with E-state index in [0.717, 1.165) is 47.0 Å². The van der Waals surface area contributed by atoms with Gasteiger partial charge in [-0.1, -0.05) is 24.3 Å². The Labute approximate surface area is 191 Å². The van der Waals surface area contributed by atoms with Crippen LogP contribution in [0.15, 0.2) is 65.7 Å². The number of aromatic nitrogens is 5. The molecule has 1 fully saturated rings. The number of nitrogens with one attached hydrogen (secondary N) is 1. The standard InChI is InChI=1S/C24H26N6O3/c1-32-22-4-2-3-18(13-22)16-29-23(17-28-9-11-33-12-10-28)27-30(24(29)31)21-7-5-19(6-8-21)20-14-25-26-15-20/h2-8,13-15H,9-12,16-17H2,1H3,(H,25,26). The smallest absolute Gasteiger partial charge is 0.351 e. The molecule has 1 aliphatic heterocycles. The molecule has 9 heteroatoms. The monoisotopic (exact) mass is 446 g/mol. The van der Waals surface area contributed by atoms with Crippen LogP contribution in [0.3, 0.4) is 0 Å². The van der Waals surface area contributed by atoms with Crippen molar-refractivity contribution >= 4 is 0 Å². The van der Waals surface area contributed by atoms with E-state index in [-0.39, 0.29) is 5.69 Å². The van der Waals surface area contributed by atoms with Crippen LogP contribution in [0, 0.1) is 0 Å². The molecule has 170 valence electrons. The second kappa shape index (κ2) is 9.43. The van der Waals surface area contributed by atoms with E-state index in [4.69, 9.17) is 14.6 Å². The zero-order chi connectivity index (χ0) is 22.6. The maximum Gasteiger partial charge on any atom is 0.351 e. The average molecular weight is 447 g/mol. The lowest BCUT2D eigenvalue weighted by atomic mass is 10.1. The van der Waals surface area contributed by atoms with E-state index in [1.807, 2.05) is 54.7 Å². The summed E-state index contributed by atoms with van der Waals surface area (Å²) in [6.07, 6.45) is 3.61. The average Bonchev–Trinajstić information content (AvgIpc) is 3.50. The van der Waals surface area contributed by atoms with Crippen molar-refractivity contribution in [2.75, 3.05) is 33.4 Å². The minimum absolute atomic E-state index is 0.169. The molecule has 0 saturated carbocycles. The number of hydrogen-bond donors (Lipinski definition) is 1. The van der Waals surface area contributed by atoms with Gasteiger partial charge in [0.25, 0.3) is 0 Å². The first-order valence-corrected chi connectivity index (χ1v) is 10.9. The summed E-state index contributed by atoms with van der Waals surface area (Å²) in [6, 6.07) is 15.5. The second-order valence-electron chi connectivity index (χ2n) is 7.97. The summed E-state index contributed by atoms with van der Waals surface area (Å²) >= 11 is 0. The Morgan fingerprint density at radius 2 is 1.88 bits per heavy atom. The van der Waals surface area contributed by atoms with Gasteiger partial charge in [-0.3, -0.25) is 14.6 Å². The maximum absolute atomic E-state index is 13.5. The first kappa shape index (κ1) is 21.2. The Morgan fingerprint density at radius 1 is 1.06 bits per heavy atom. The Balaban J connectivity index is 1.50. The van der Waals surface area contributed by atoms with Crippen molar-refractivity contribution in [3.05, 3.63) is 82.8 Å². The van der Waals surface area contributed by atoms with Crippen LogP contribution in [0.4, 0.5) is 0 Å². The quantitative estimate of drug-likeness (QED) is 0.469. The van der Waals surface area contributed by atoms with Crippen LogP contribution in [-0.2, 0) is 17.8 Å². The fourth-order valence-corrected chi connectivity index (χ4v) is 4.00. The van der Waals surface area contributed by atoms with Crippen molar-refractivity contribution in [3.8, 4) is 22.6 Å². The van der Waals surface area contributed by atoms with Crippen LogP contribution < -0.4 is 10.4 Å². The van der Waals surface area contributed by atoms with Gasteiger partial charge in [0.05, 0.1) is 45.3 Å². The third-order valence-corrected chi connectivity index (χ3v) is 5.83. The molecule has 0 atom stereocenters. The largest absolute Gasteiger partial charge is 0.497 e. The normalized spacial score (nSPS) is 14.5. The van der Waals surface area contributed by atoms with Crippen LogP contribution in [0.5, 0.6) is 5.75 Å². The van der Waals surface area contributed by atoms with Gasteiger partial charge in [0.1, 0.15) is 11.6 Å². The van der Waals surface area contributed by atoms with E-state index in [0.29, 0.717) is 26.3 Å². The van der Waals surface area contributed by atoms with Crippen molar-refractivity contribution < 1.29 is 9.47 Å². The Morgan fingerprint density at radius 3 is 2.61 bits per heavy atom. The Kier molecular flexibility index (Phi) is 6.05. The van der Waals surface area contributed by atoms with Gasteiger partial charge in [-0.05, 0) is 35.4 Å². The molecule has 33 heavy (non-hydrogen) atoms. The molecule has 2 aromatic heterocycles. The molecule has 0 spiro atoms. The van der Waals surface area contributed by atoms with Crippen molar-refractivity contribution in [3.63, 3.8) is 0 Å². The molecule has 4 aromatic rings. The molecule has 1 saturated heterocycles. The van der Waals surface area contributed by atoms with E-state index < -0.39 is 0 Å². The van der Waals surface area contributed by atoms with Crippen molar-refractivity contribution in [2.45, 2.75) is 13.1 Å². The number of rotatable bonds is 7. The summed E-state index contributed by atoms with van der Waals surface area (Å²) in [4.78, 5) is 15.7. The van der Waals surface area contributed by atoms with Crippen LogP contribution in [-0.4, -0.2) is 62.9 Å². The number of hydrogen-bond acceptors (Lipinski definition) is 6. The van der Waals surface area contributed by atoms with Gasteiger partial charge in [0, 0.05) is 24.8 Å². The first-order chi connectivity index (χ1) is 16.2. The van der Waals surface area contributed by atoms with Gasteiger partial charge in [-0.2, -0.15) is 9.78 Å². The molecular weight excluding hydrogens is 420 g/mol. The molecule has 2 aromatic carbocycles. The molecule has 0 amide bonds. The van der Waals surface area contributed by atoms with E-state index in [1.54, 1.807) is 17.9 Å². The molecule has 0 unspecified atom stereocenters. The number of ether oxygens (including phenoxy) is 2. The molecule has 0 radical (unpaired) electrons. The highest BCUT2D eigenvalue weighted by atomic mass is 16.5. The minimum atomic E-state index is -0.169. The van der Waals surface area contributed by atoms with Gasteiger partial charge >= 0.3 is 5.69 Å². The summed E-state index contributed by atoms with van der Waals surface area (Å²) in [5.74, 6) is 1.49. The third-order valence-electron chi connectivity index (χ3n) is 5.83. The van der Waals surface area contributed by atoms with Crippen molar-refractivity contribution in [1.29, 1.82) is 0 Å². The highest BCUT2D eigenvalue weighted by molar-refractivity contribution is 5.62. The van der Waals surface area contributed by atoms with Crippen LogP contribution in [0.25, 0.3) is 16.8 Å². The number of nitrogens with zero attached hydrogens (tertiary/aromatic N) is 5. The topological polar surface area (TPSA) is 90.2 Å². The lowest BCUT2D eigenvalue weighted by Gasteiger charge is -2.26. The van der Waals surface area contributed by atoms with Gasteiger partial charge in [-0.15, -0.1) is 5.10 Å². The lowest BCUT2D eigenvalue weighted by Crippen LogP contribution is -2.37. The number of methoxy groups -OCH3 is 1. The summed E-state index contributed by atoms with van der Waals surface area (Å²) in [6.45, 7) is 4.03. The summed E-state index contributed by atoms with van der Waals surface area (Å²) in [7, 11) is 1.64. The number of H-pyrrole nitrogens is 1. The number of aromatic amines is 1. The minimum Gasteiger partial charge on any atom is -0.497 e. The predicted octanol–water partition coefficient (Wildman–Crippen LogP) is 2.31. The highest BCUT2D eigenvalue weighted by Crippen LogP contribution is 2.20. The van der Waals surface area contributed by atoms with E-state index in [2.05, 4.69) is 15.1 Å². The summed E-state index contributed by atoms with van der Waals surface area (Å²) in [5, 5.41) is 11.6. The van der Waals surface area contributed by atoms with Gasteiger partial charge in [-0.25, -0.2) is 4.79 Å². The second-order valence-corrected chi connectivity index (χ2v) is 7.97. The fraction of sp³-hybridized carbons (Fsp3) is 0.292. The molecule has 3 heterocycles. The lowest BCUT2D eigenvalue weighted by molar-refractivity contribution is 0.0325. The number of morpholine rings is 1. The highest BCUT2D eigenvalue weighted by Gasteiger charge is 2.19. The molecule has 9 nitrogen and oxygen atoms in total. The Bertz CT molecular complexity index is 1250. The van der Waals surface area contributed by atoms with Crippen molar-refractivity contribution in [2.24, 2.45) is 0 Å². The summed E-state index contributed by atoms with van der Waals surface area (Å²) < 4.78 is 14.1. The van der Waals surface area contributed by atoms with Crippen LogP contribution in [0.2, 0.25) is 0 Å². The van der Waals surface area contributed by atoms with Gasteiger partial charge in [0.2, 0.25) is 0 Å². The van der Waals surface area contributed by atoms with Gasteiger partial charge < -0.3 is 9.47 Å². The molecule has 5 rings (SSSR count). The van der Waals surface area contributed by atoms with E-state index in [9.17, 15) is 4.79 Å². The SMILES string of the molecule is COc1cccc(Cn2c(CN3CCOCC3)nn(-c3ccc(-c4cn[nH]c4)cc3)c2=O)c1. The van der Waals surface area contributed by atoms with E-state index >= 15 is 0 Å². The van der Waals surface area contributed by atoms with Crippen LogP contribution >= 0.6 is 0 Å².